The van der Waals surface area contributed by atoms with Crippen molar-refractivity contribution in [2.45, 2.75) is 38.6 Å². The third kappa shape index (κ3) is 3.96. The number of halogens is 3. The molecule has 0 spiro atoms. The van der Waals surface area contributed by atoms with Crippen LogP contribution >= 0.6 is 0 Å². The smallest absolute Gasteiger partial charge is 0.390 e. The van der Waals surface area contributed by atoms with E-state index in [4.69, 9.17) is 0 Å². The number of hydrogen-bond donors (Lipinski definition) is 1. The van der Waals surface area contributed by atoms with Crippen LogP contribution in [0.4, 0.5) is 13.2 Å². The minimum atomic E-state index is -4.25. The molecule has 21 heavy (non-hydrogen) atoms. The van der Waals surface area contributed by atoms with Gasteiger partial charge in [0.25, 0.3) is 5.91 Å². The number of carbonyl (C=O) groups is 1. The van der Waals surface area contributed by atoms with E-state index in [1.54, 1.807) is 0 Å². The second-order valence-corrected chi connectivity index (χ2v) is 5.30. The normalized spacial score (nSPS) is 22.8. The molecule has 118 valence electrons. The largest absolute Gasteiger partial charge is 0.391 e. The van der Waals surface area contributed by atoms with Crippen LogP contribution in [0.1, 0.15) is 30.1 Å². The lowest BCUT2D eigenvalue weighted by molar-refractivity contribution is -0.137. The van der Waals surface area contributed by atoms with Crippen LogP contribution in [-0.2, 0) is 6.54 Å². The van der Waals surface area contributed by atoms with Crippen LogP contribution in [0.15, 0.2) is 12.4 Å². The molecule has 1 aromatic rings. The molecule has 1 aliphatic heterocycles. The Morgan fingerprint density at radius 3 is 2.76 bits per heavy atom. The van der Waals surface area contributed by atoms with Crippen molar-refractivity contribution in [3.05, 3.63) is 18.0 Å². The number of aryl methyl sites for hydroxylation is 1. The van der Waals surface area contributed by atoms with Gasteiger partial charge in [-0.2, -0.15) is 18.3 Å². The number of aromatic nitrogens is 2. The van der Waals surface area contributed by atoms with Gasteiger partial charge in [0.1, 0.15) is 0 Å². The highest BCUT2D eigenvalue weighted by Crippen LogP contribution is 2.22. The van der Waals surface area contributed by atoms with Crippen LogP contribution in [-0.4, -0.2) is 51.1 Å². The molecule has 0 bridgehead atoms. The molecule has 0 radical (unpaired) electrons. The fourth-order valence-corrected chi connectivity index (χ4v) is 2.44. The second kappa shape index (κ2) is 6.05. The van der Waals surface area contributed by atoms with E-state index >= 15 is 0 Å². The Hall–Kier alpha value is -1.57. The average molecular weight is 305 g/mol. The van der Waals surface area contributed by atoms with Gasteiger partial charge in [-0.3, -0.25) is 9.48 Å². The molecule has 1 aliphatic rings. The van der Waals surface area contributed by atoms with E-state index < -0.39 is 18.7 Å². The van der Waals surface area contributed by atoms with Crippen LogP contribution in [0.25, 0.3) is 0 Å². The molecule has 1 saturated heterocycles. The summed E-state index contributed by atoms with van der Waals surface area (Å²) in [6.45, 7) is 2.35. The van der Waals surface area contributed by atoms with Gasteiger partial charge in [0.15, 0.2) is 0 Å². The van der Waals surface area contributed by atoms with Crippen molar-refractivity contribution in [3.8, 4) is 0 Å². The zero-order chi connectivity index (χ0) is 15.6. The molecule has 1 N–H and O–H groups in total. The van der Waals surface area contributed by atoms with Crippen molar-refractivity contribution in [2.75, 3.05) is 13.1 Å². The van der Waals surface area contributed by atoms with Gasteiger partial charge < -0.3 is 10.0 Å². The average Bonchev–Trinajstić information content (AvgIpc) is 3.01. The van der Waals surface area contributed by atoms with Gasteiger partial charge in [-0.05, 0) is 6.42 Å². The van der Waals surface area contributed by atoms with E-state index in [9.17, 15) is 23.1 Å². The fraction of sp³-hybridized carbons (Fsp3) is 0.692. The molecular weight excluding hydrogens is 287 g/mol. The molecule has 1 fully saturated rings. The first-order chi connectivity index (χ1) is 9.80. The maximum Gasteiger partial charge on any atom is 0.390 e. The first-order valence-corrected chi connectivity index (χ1v) is 6.86. The number of aliphatic hydroxyl groups is 1. The Morgan fingerprint density at radius 1 is 1.48 bits per heavy atom. The topological polar surface area (TPSA) is 58.4 Å². The van der Waals surface area contributed by atoms with Crippen molar-refractivity contribution < 1.29 is 23.1 Å². The van der Waals surface area contributed by atoms with Crippen LogP contribution in [0, 0.1) is 5.92 Å². The highest BCUT2D eigenvalue weighted by molar-refractivity contribution is 5.94. The summed E-state index contributed by atoms with van der Waals surface area (Å²) in [4.78, 5) is 13.7. The molecule has 0 aliphatic carbocycles. The Balaban J connectivity index is 1.96. The standard InChI is InChI=1S/C13H18F3N3O2/c1-2-9-6-18(8-11(9)20)12(21)10-5-17-19(7-10)4-3-13(14,15)16/h5,7,9,11,20H,2-4,6,8H2,1H3. The predicted octanol–water partition coefficient (Wildman–Crippen LogP) is 1.68. The first-order valence-electron chi connectivity index (χ1n) is 6.86. The summed E-state index contributed by atoms with van der Waals surface area (Å²) in [5.74, 6) is -0.252. The third-order valence-corrected chi connectivity index (χ3v) is 3.72. The lowest BCUT2D eigenvalue weighted by atomic mass is 10.0. The maximum atomic E-state index is 12.2. The lowest BCUT2D eigenvalue weighted by Crippen LogP contribution is -2.29. The maximum absolute atomic E-state index is 12.2. The Bertz CT molecular complexity index is 501. The number of amides is 1. The van der Waals surface area contributed by atoms with E-state index in [2.05, 4.69) is 5.10 Å². The SMILES string of the molecule is CCC1CN(C(=O)c2cnn(CCC(F)(F)F)c2)CC1O. The van der Waals surface area contributed by atoms with Crippen molar-refractivity contribution in [2.24, 2.45) is 5.92 Å². The first kappa shape index (κ1) is 15.8. The lowest BCUT2D eigenvalue weighted by Gasteiger charge is -2.14. The number of β-amino-alcohol motifs (C(OH)–C–C–N with tert-alkyl or cyclic N) is 1. The van der Waals surface area contributed by atoms with Gasteiger partial charge in [-0.15, -0.1) is 0 Å². The van der Waals surface area contributed by atoms with E-state index in [-0.39, 0.29) is 30.5 Å². The molecule has 2 unspecified atom stereocenters. The van der Waals surface area contributed by atoms with E-state index in [1.807, 2.05) is 6.92 Å². The van der Waals surface area contributed by atoms with E-state index in [0.717, 1.165) is 11.1 Å². The number of likely N-dealkylation sites (tertiary alicyclic amines) is 1. The summed E-state index contributed by atoms with van der Waals surface area (Å²) in [5.41, 5.74) is 0.251. The molecule has 0 saturated carbocycles. The minimum Gasteiger partial charge on any atom is -0.391 e. The quantitative estimate of drug-likeness (QED) is 0.921. The van der Waals surface area contributed by atoms with E-state index in [1.165, 1.54) is 17.3 Å². The third-order valence-electron chi connectivity index (χ3n) is 3.72. The van der Waals surface area contributed by atoms with Gasteiger partial charge >= 0.3 is 6.18 Å². The minimum absolute atomic E-state index is 0.0502. The highest BCUT2D eigenvalue weighted by Gasteiger charge is 2.33. The van der Waals surface area contributed by atoms with Crippen LogP contribution < -0.4 is 0 Å². The van der Waals surface area contributed by atoms with Crippen LogP contribution in [0.5, 0.6) is 0 Å². The number of nitrogens with zero attached hydrogens (tertiary/aromatic N) is 3. The summed E-state index contributed by atoms with van der Waals surface area (Å²) in [6, 6.07) is 0. The Kier molecular flexibility index (Phi) is 4.55. The summed E-state index contributed by atoms with van der Waals surface area (Å²) in [5, 5.41) is 13.6. The fourth-order valence-electron chi connectivity index (χ4n) is 2.44. The second-order valence-electron chi connectivity index (χ2n) is 5.30. The molecule has 8 heteroatoms. The molecule has 2 atom stereocenters. The zero-order valence-electron chi connectivity index (χ0n) is 11.7. The van der Waals surface area contributed by atoms with Crippen molar-refractivity contribution >= 4 is 5.91 Å². The zero-order valence-corrected chi connectivity index (χ0v) is 11.7. The van der Waals surface area contributed by atoms with Gasteiger partial charge in [0.2, 0.25) is 0 Å². The van der Waals surface area contributed by atoms with Crippen LogP contribution in [0.2, 0.25) is 0 Å². The number of aliphatic hydroxyl groups excluding tert-OH is 1. The molecule has 5 nitrogen and oxygen atoms in total. The van der Waals surface area contributed by atoms with Crippen molar-refractivity contribution in [1.29, 1.82) is 0 Å². The number of carbonyl (C=O) groups excluding carboxylic acids is 1. The monoisotopic (exact) mass is 305 g/mol. The molecule has 1 aromatic heterocycles. The summed E-state index contributed by atoms with van der Waals surface area (Å²) in [7, 11) is 0. The van der Waals surface area contributed by atoms with Gasteiger partial charge in [0.05, 0.1) is 24.3 Å². The highest BCUT2D eigenvalue weighted by atomic mass is 19.4. The van der Waals surface area contributed by atoms with Crippen LogP contribution in [0.3, 0.4) is 0 Å². The van der Waals surface area contributed by atoms with E-state index in [0.29, 0.717) is 6.54 Å². The Morgan fingerprint density at radius 2 is 2.19 bits per heavy atom. The molecule has 1 amide bonds. The van der Waals surface area contributed by atoms with Gasteiger partial charge in [-0.1, -0.05) is 6.92 Å². The predicted molar refractivity (Wildman–Crippen MR) is 68.6 cm³/mol. The summed E-state index contributed by atoms with van der Waals surface area (Å²) >= 11 is 0. The van der Waals surface area contributed by atoms with Crippen molar-refractivity contribution in [1.82, 2.24) is 14.7 Å². The Labute approximate surface area is 120 Å². The summed E-state index contributed by atoms with van der Waals surface area (Å²) < 4.78 is 37.5. The molecule has 2 rings (SSSR count). The number of hydrogen-bond acceptors (Lipinski definition) is 3. The number of alkyl halides is 3. The number of rotatable bonds is 4. The van der Waals surface area contributed by atoms with Gasteiger partial charge in [-0.25, -0.2) is 0 Å². The molecule has 2 heterocycles. The van der Waals surface area contributed by atoms with Gasteiger partial charge in [0, 0.05) is 31.7 Å². The summed E-state index contributed by atoms with van der Waals surface area (Å²) in [6.07, 6.45) is -2.41. The van der Waals surface area contributed by atoms with Crippen molar-refractivity contribution in [3.63, 3.8) is 0 Å². The molecule has 0 aromatic carbocycles. The molecular formula is C13H18F3N3O2.